The van der Waals surface area contributed by atoms with Crippen LogP contribution in [0.5, 0.6) is 5.75 Å². The molecular weight excluding hydrogens is 425 g/mol. The van der Waals surface area contributed by atoms with Gasteiger partial charge in [0, 0.05) is 18.2 Å². The summed E-state index contributed by atoms with van der Waals surface area (Å²) in [5.41, 5.74) is 8.25. The van der Waals surface area contributed by atoms with Gasteiger partial charge in [-0.1, -0.05) is 6.07 Å². The van der Waals surface area contributed by atoms with Crippen molar-refractivity contribution in [3.63, 3.8) is 0 Å². The molecule has 0 aliphatic carbocycles. The molecule has 0 bridgehead atoms. The van der Waals surface area contributed by atoms with Crippen LogP contribution in [-0.2, 0) is 13.1 Å². The number of carbonyl (C=O) groups is 1. The first-order chi connectivity index (χ1) is 15.2. The van der Waals surface area contributed by atoms with Gasteiger partial charge in [-0.2, -0.15) is 13.2 Å². The van der Waals surface area contributed by atoms with Gasteiger partial charge in [0.05, 0.1) is 20.1 Å². The molecule has 0 radical (unpaired) electrons. The maximum absolute atomic E-state index is 13.1. The number of hydrogen-bond acceptors (Lipinski definition) is 6. The summed E-state index contributed by atoms with van der Waals surface area (Å²) >= 11 is 0. The Bertz CT molecular complexity index is 1160. The fraction of sp³-hybridized carbons (Fsp3) is 0.333. The highest BCUT2D eigenvalue weighted by Gasteiger charge is 2.33. The van der Waals surface area contributed by atoms with Gasteiger partial charge < -0.3 is 15.0 Å². The number of halogens is 3. The SMILES string of the molecule is COc1cc(CN)c2c(c1)C(=O)N(c1cccc(-c3nncn3[C@@H](C)CC(F)(F)F)n1)C2. The van der Waals surface area contributed by atoms with Gasteiger partial charge in [-0.25, -0.2) is 4.98 Å². The number of amides is 1. The topological polar surface area (TPSA) is 99.2 Å². The van der Waals surface area contributed by atoms with Crippen LogP contribution >= 0.6 is 0 Å². The molecule has 1 aliphatic rings. The van der Waals surface area contributed by atoms with Crippen molar-refractivity contribution in [3.05, 3.63) is 53.3 Å². The molecule has 0 saturated carbocycles. The zero-order valence-electron chi connectivity index (χ0n) is 17.4. The van der Waals surface area contributed by atoms with Crippen LogP contribution < -0.4 is 15.4 Å². The fourth-order valence-corrected chi connectivity index (χ4v) is 3.82. The minimum Gasteiger partial charge on any atom is -0.497 e. The maximum atomic E-state index is 13.1. The Labute approximate surface area is 181 Å². The fourth-order valence-electron chi connectivity index (χ4n) is 3.82. The normalized spacial score (nSPS) is 14.6. The zero-order valence-corrected chi connectivity index (χ0v) is 17.4. The first kappa shape index (κ1) is 21.8. The van der Waals surface area contributed by atoms with Gasteiger partial charge in [-0.15, -0.1) is 10.2 Å². The van der Waals surface area contributed by atoms with Crippen molar-refractivity contribution in [2.45, 2.75) is 38.7 Å². The Morgan fingerprint density at radius 1 is 1.28 bits per heavy atom. The van der Waals surface area contributed by atoms with Crippen LogP contribution in [0.25, 0.3) is 11.5 Å². The van der Waals surface area contributed by atoms with Crippen molar-refractivity contribution >= 4 is 11.7 Å². The van der Waals surface area contributed by atoms with Gasteiger partial charge in [0.2, 0.25) is 0 Å². The first-order valence-corrected chi connectivity index (χ1v) is 9.87. The average Bonchev–Trinajstić information content (AvgIpc) is 3.37. The van der Waals surface area contributed by atoms with E-state index in [1.165, 1.54) is 29.8 Å². The third-order valence-electron chi connectivity index (χ3n) is 5.38. The molecular formula is C21H21F3N6O2. The van der Waals surface area contributed by atoms with Crippen molar-refractivity contribution in [2.75, 3.05) is 12.0 Å². The van der Waals surface area contributed by atoms with E-state index in [9.17, 15) is 18.0 Å². The summed E-state index contributed by atoms with van der Waals surface area (Å²) in [5, 5.41) is 7.72. The highest BCUT2D eigenvalue weighted by atomic mass is 19.4. The number of hydrogen-bond donors (Lipinski definition) is 1. The Hall–Kier alpha value is -3.47. The lowest BCUT2D eigenvalue weighted by atomic mass is 10.0. The molecule has 168 valence electrons. The molecule has 0 saturated heterocycles. The smallest absolute Gasteiger partial charge is 0.391 e. The van der Waals surface area contributed by atoms with Crippen LogP contribution in [0.2, 0.25) is 0 Å². The van der Waals surface area contributed by atoms with Crippen LogP contribution in [-0.4, -0.2) is 38.9 Å². The van der Waals surface area contributed by atoms with Crippen LogP contribution in [0.15, 0.2) is 36.7 Å². The summed E-state index contributed by atoms with van der Waals surface area (Å²) in [6.07, 6.45) is -4.11. The zero-order chi connectivity index (χ0) is 23.0. The van der Waals surface area contributed by atoms with E-state index in [0.29, 0.717) is 22.8 Å². The van der Waals surface area contributed by atoms with Gasteiger partial charge in [0.1, 0.15) is 23.6 Å². The molecule has 2 aromatic heterocycles. The molecule has 1 amide bonds. The van der Waals surface area contributed by atoms with E-state index < -0.39 is 18.6 Å². The van der Waals surface area contributed by atoms with Crippen LogP contribution in [0.1, 0.15) is 40.9 Å². The standard InChI is InChI=1S/C21H21F3N6O2/c1-12(8-21(22,23)24)30-11-26-28-19(30)17-4-3-5-18(27-17)29-10-16-13(9-25)6-14(32-2)7-15(16)20(29)31/h3-7,11-12H,8-10,25H2,1-2H3/t12-/m0/s1. The summed E-state index contributed by atoms with van der Waals surface area (Å²) in [7, 11) is 1.51. The Morgan fingerprint density at radius 3 is 2.75 bits per heavy atom. The molecule has 32 heavy (non-hydrogen) atoms. The predicted molar refractivity (Wildman–Crippen MR) is 110 cm³/mol. The predicted octanol–water partition coefficient (Wildman–Crippen LogP) is 3.48. The van der Waals surface area contributed by atoms with Crippen molar-refractivity contribution in [1.82, 2.24) is 19.7 Å². The molecule has 0 spiro atoms. The molecule has 3 aromatic rings. The van der Waals surface area contributed by atoms with E-state index in [4.69, 9.17) is 10.5 Å². The second-order valence-corrected chi connectivity index (χ2v) is 7.52. The van der Waals surface area contributed by atoms with E-state index in [2.05, 4.69) is 15.2 Å². The summed E-state index contributed by atoms with van der Waals surface area (Å²) in [5.74, 6) is 0.818. The molecule has 11 heteroatoms. The first-order valence-electron chi connectivity index (χ1n) is 9.87. The van der Waals surface area contributed by atoms with Gasteiger partial charge in [-0.3, -0.25) is 9.69 Å². The third kappa shape index (κ3) is 4.03. The monoisotopic (exact) mass is 446 g/mol. The number of methoxy groups -OCH3 is 1. The molecule has 4 rings (SSSR count). The van der Waals surface area contributed by atoms with Gasteiger partial charge in [0.25, 0.3) is 5.91 Å². The number of nitrogens with two attached hydrogens (primary N) is 1. The lowest BCUT2D eigenvalue weighted by Crippen LogP contribution is -2.24. The summed E-state index contributed by atoms with van der Waals surface area (Å²) in [6.45, 7) is 1.96. The molecule has 3 heterocycles. The quantitative estimate of drug-likeness (QED) is 0.623. The number of carbonyl (C=O) groups excluding carboxylic acids is 1. The number of pyridine rings is 1. The minimum absolute atomic E-state index is 0.192. The highest BCUT2D eigenvalue weighted by Crippen LogP contribution is 2.34. The van der Waals surface area contributed by atoms with Crippen LogP contribution in [0.3, 0.4) is 0 Å². The van der Waals surface area contributed by atoms with E-state index in [1.807, 2.05) is 0 Å². The minimum atomic E-state index is -4.33. The number of nitrogens with zero attached hydrogens (tertiary/aromatic N) is 5. The Kier molecular flexibility index (Phi) is 5.59. The number of fused-ring (bicyclic) bond motifs is 1. The third-order valence-corrected chi connectivity index (χ3v) is 5.38. The van der Waals surface area contributed by atoms with E-state index in [1.54, 1.807) is 30.3 Å². The second-order valence-electron chi connectivity index (χ2n) is 7.52. The lowest BCUT2D eigenvalue weighted by molar-refractivity contribution is -0.141. The second kappa shape index (κ2) is 8.23. The Morgan fingerprint density at radius 2 is 2.06 bits per heavy atom. The van der Waals surface area contributed by atoms with E-state index in [0.717, 1.165) is 11.1 Å². The average molecular weight is 446 g/mol. The highest BCUT2D eigenvalue weighted by molar-refractivity contribution is 6.10. The molecule has 1 aliphatic heterocycles. The van der Waals surface area contributed by atoms with Crippen molar-refractivity contribution in [3.8, 4) is 17.3 Å². The number of alkyl halides is 3. The molecule has 0 fully saturated rings. The molecule has 1 aromatic carbocycles. The van der Waals surface area contributed by atoms with Crippen molar-refractivity contribution < 1.29 is 22.7 Å². The number of rotatable bonds is 6. The van der Waals surface area contributed by atoms with Gasteiger partial charge in [0.15, 0.2) is 5.82 Å². The number of aromatic nitrogens is 4. The van der Waals surface area contributed by atoms with E-state index >= 15 is 0 Å². The van der Waals surface area contributed by atoms with Crippen molar-refractivity contribution in [2.24, 2.45) is 5.73 Å². The van der Waals surface area contributed by atoms with Crippen molar-refractivity contribution in [1.29, 1.82) is 0 Å². The lowest BCUT2D eigenvalue weighted by Gasteiger charge is -2.18. The molecule has 8 nitrogen and oxygen atoms in total. The maximum Gasteiger partial charge on any atom is 0.391 e. The number of anilines is 1. The molecule has 0 unspecified atom stereocenters. The summed E-state index contributed by atoms with van der Waals surface area (Å²) in [6, 6.07) is 7.49. The van der Waals surface area contributed by atoms with E-state index in [-0.39, 0.29) is 24.8 Å². The summed E-state index contributed by atoms with van der Waals surface area (Å²) in [4.78, 5) is 19.1. The summed E-state index contributed by atoms with van der Waals surface area (Å²) < 4.78 is 45.2. The molecule has 2 N–H and O–H groups in total. The molecule has 1 atom stereocenters. The number of benzene rings is 1. The van der Waals surface area contributed by atoms with Gasteiger partial charge in [-0.05, 0) is 42.3 Å². The Balaban J connectivity index is 1.67. The van der Waals surface area contributed by atoms with Gasteiger partial charge >= 0.3 is 6.18 Å². The largest absolute Gasteiger partial charge is 0.497 e. The van der Waals surface area contributed by atoms with Crippen LogP contribution in [0.4, 0.5) is 19.0 Å². The van der Waals surface area contributed by atoms with Crippen LogP contribution in [0, 0.1) is 0 Å². The number of ether oxygens (including phenoxy) is 1.